The van der Waals surface area contributed by atoms with Gasteiger partial charge in [0.25, 0.3) is 0 Å². The topological polar surface area (TPSA) is 12.0 Å². The zero-order valence-corrected chi connectivity index (χ0v) is 4.04. The molecule has 0 aromatic heterocycles. The number of piperidine rings is 1. The average Bonchev–Trinajstić information content (AvgIpc) is 1.72. The first kappa shape index (κ1) is 7.56. The van der Waals surface area contributed by atoms with Gasteiger partial charge in [-0.25, -0.2) is 0 Å². The summed E-state index contributed by atoms with van der Waals surface area (Å²) in [5.41, 5.74) is 0. The van der Waals surface area contributed by atoms with Crippen molar-refractivity contribution in [1.29, 1.82) is 0 Å². The van der Waals surface area contributed by atoms with E-state index in [1.54, 1.807) is 0 Å². The predicted molar refractivity (Wildman–Crippen MR) is 33.9 cm³/mol. The van der Waals surface area contributed by atoms with E-state index in [1.165, 1.54) is 32.4 Å². The summed E-state index contributed by atoms with van der Waals surface area (Å²) in [6, 6.07) is 0. The molecule has 2 heteroatoms. The second-order valence-corrected chi connectivity index (χ2v) is 1.81. The molecule has 0 radical (unpaired) electrons. The van der Waals surface area contributed by atoms with Crippen molar-refractivity contribution in [1.82, 2.24) is 5.32 Å². The Balaban J connectivity index is 0.000000360. The molecule has 1 nitrogen and oxygen atoms in total. The Labute approximate surface area is 57.0 Å². The molecule has 1 aliphatic heterocycles. The quantitative estimate of drug-likeness (QED) is 0.419. The Hall–Kier alpha value is 0.557. The summed E-state index contributed by atoms with van der Waals surface area (Å²) in [5.74, 6) is 0. The molecule has 0 aromatic rings. The molecule has 0 spiro atoms. The number of hydrogen-bond donors (Lipinski definition) is 1. The van der Waals surface area contributed by atoms with Crippen molar-refractivity contribution in [2.45, 2.75) is 19.3 Å². The zero-order chi connectivity index (χ0) is 4.24. The molecule has 1 N–H and O–H groups in total. The molecular weight excluding hydrogens is 81.0 g/mol. The summed E-state index contributed by atoms with van der Waals surface area (Å²) >= 11 is 0. The zero-order valence-electron chi connectivity index (χ0n) is 4.04. The van der Waals surface area contributed by atoms with Crippen LogP contribution >= 0.6 is 0 Å². The van der Waals surface area contributed by atoms with E-state index in [0.717, 1.165) is 0 Å². The van der Waals surface area contributed by atoms with Gasteiger partial charge >= 0.3 is 18.9 Å². The predicted octanol–water partition coefficient (Wildman–Crippen LogP) is 0.111. The SMILES string of the molecule is C1CCNCC1.[LiH]. The van der Waals surface area contributed by atoms with E-state index in [9.17, 15) is 0 Å². The van der Waals surface area contributed by atoms with Gasteiger partial charge in [0.15, 0.2) is 0 Å². The molecule has 0 unspecified atom stereocenters. The number of nitrogens with one attached hydrogen (secondary N) is 1. The van der Waals surface area contributed by atoms with E-state index in [0.29, 0.717) is 0 Å². The third-order valence-corrected chi connectivity index (χ3v) is 1.21. The molecule has 0 atom stereocenters. The van der Waals surface area contributed by atoms with E-state index >= 15 is 0 Å². The molecule has 0 amide bonds. The third-order valence-electron chi connectivity index (χ3n) is 1.21. The van der Waals surface area contributed by atoms with Gasteiger partial charge < -0.3 is 5.32 Å². The summed E-state index contributed by atoms with van der Waals surface area (Å²) < 4.78 is 0. The first-order valence-corrected chi connectivity index (χ1v) is 2.71. The van der Waals surface area contributed by atoms with Crippen LogP contribution in [0.15, 0.2) is 0 Å². The maximum absolute atomic E-state index is 3.28. The van der Waals surface area contributed by atoms with Crippen molar-refractivity contribution >= 4 is 18.9 Å². The molecule has 0 aliphatic carbocycles. The van der Waals surface area contributed by atoms with Crippen LogP contribution in [0.5, 0.6) is 0 Å². The molecule has 0 bridgehead atoms. The Morgan fingerprint density at radius 3 is 1.57 bits per heavy atom. The normalized spacial score (nSPS) is 20.6. The minimum absolute atomic E-state index is 0. The van der Waals surface area contributed by atoms with Crippen molar-refractivity contribution in [2.75, 3.05) is 13.1 Å². The molecule has 38 valence electrons. The Kier molecular flexibility index (Phi) is 5.08. The molecule has 1 fully saturated rings. The minimum atomic E-state index is 0. The van der Waals surface area contributed by atoms with E-state index in [2.05, 4.69) is 5.32 Å². The van der Waals surface area contributed by atoms with Crippen molar-refractivity contribution in [3.8, 4) is 0 Å². The van der Waals surface area contributed by atoms with Crippen LogP contribution in [-0.4, -0.2) is 32.0 Å². The standard InChI is InChI=1S/C5H11N.Li.H/c1-2-4-6-5-3-1;;/h6H,1-5H2;;. The molecule has 1 aliphatic rings. The van der Waals surface area contributed by atoms with E-state index in [1.807, 2.05) is 0 Å². The average molecular weight is 93.1 g/mol. The van der Waals surface area contributed by atoms with Gasteiger partial charge in [0.2, 0.25) is 0 Å². The van der Waals surface area contributed by atoms with Gasteiger partial charge in [-0.3, -0.25) is 0 Å². The molecule has 1 heterocycles. The fraction of sp³-hybridized carbons (Fsp3) is 1.00. The van der Waals surface area contributed by atoms with Crippen LogP contribution in [0.25, 0.3) is 0 Å². The van der Waals surface area contributed by atoms with Crippen LogP contribution < -0.4 is 5.32 Å². The molecule has 0 aromatic carbocycles. The van der Waals surface area contributed by atoms with E-state index in [-0.39, 0.29) is 18.9 Å². The summed E-state index contributed by atoms with van der Waals surface area (Å²) in [5, 5.41) is 3.28. The Bertz CT molecular complexity index is 23.6. The second-order valence-electron chi connectivity index (χ2n) is 1.81. The molecule has 1 saturated heterocycles. The fourth-order valence-corrected chi connectivity index (χ4v) is 0.802. The van der Waals surface area contributed by atoms with Crippen LogP contribution in [0, 0.1) is 0 Å². The maximum atomic E-state index is 3.28. The Morgan fingerprint density at radius 1 is 0.857 bits per heavy atom. The molecule has 7 heavy (non-hydrogen) atoms. The molecule has 0 saturated carbocycles. The summed E-state index contributed by atoms with van der Waals surface area (Å²) in [6.45, 7) is 2.50. The van der Waals surface area contributed by atoms with E-state index < -0.39 is 0 Å². The monoisotopic (exact) mass is 93.1 g/mol. The first-order valence-electron chi connectivity index (χ1n) is 2.71. The van der Waals surface area contributed by atoms with Gasteiger partial charge in [-0.05, 0) is 25.9 Å². The van der Waals surface area contributed by atoms with Gasteiger partial charge in [-0.2, -0.15) is 0 Å². The van der Waals surface area contributed by atoms with Crippen molar-refractivity contribution in [2.24, 2.45) is 0 Å². The fourth-order valence-electron chi connectivity index (χ4n) is 0.802. The van der Waals surface area contributed by atoms with Gasteiger partial charge in [0, 0.05) is 0 Å². The van der Waals surface area contributed by atoms with Gasteiger partial charge in [-0.1, -0.05) is 6.42 Å². The summed E-state index contributed by atoms with van der Waals surface area (Å²) in [6.07, 6.45) is 4.22. The van der Waals surface area contributed by atoms with Crippen LogP contribution in [-0.2, 0) is 0 Å². The van der Waals surface area contributed by atoms with Crippen LogP contribution in [0.2, 0.25) is 0 Å². The summed E-state index contributed by atoms with van der Waals surface area (Å²) in [7, 11) is 0. The van der Waals surface area contributed by atoms with Gasteiger partial charge in [-0.15, -0.1) is 0 Å². The van der Waals surface area contributed by atoms with Crippen LogP contribution in [0.4, 0.5) is 0 Å². The third kappa shape index (κ3) is 3.17. The number of hydrogen-bond acceptors (Lipinski definition) is 1. The second kappa shape index (κ2) is 4.71. The summed E-state index contributed by atoms with van der Waals surface area (Å²) in [4.78, 5) is 0. The molecular formula is C5H12LiN. The van der Waals surface area contributed by atoms with Crippen molar-refractivity contribution in [3.63, 3.8) is 0 Å². The number of rotatable bonds is 0. The first-order chi connectivity index (χ1) is 3.00. The van der Waals surface area contributed by atoms with Gasteiger partial charge in [0.05, 0.1) is 0 Å². The van der Waals surface area contributed by atoms with Crippen LogP contribution in [0.1, 0.15) is 19.3 Å². The van der Waals surface area contributed by atoms with E-state index in [4.69, 9.17) is 0 Å². The van der Waals surface area contributed by atoms with Crippen molar-refractivity contribution < 1.29 is 0 Å². The van der Waals surface area contributed by atoms with Crippen LogP contribution in [0.3, 0.4) is 0 Å². The van der Waals surface area contributed by atoms with Gasteiger partial charge in [0.1, 0.15) is 0 Å². The molecule has 1 rings (SSSR count). The van der Waals surface area contributed by atoms with Crippen molar-refractivity contribution in [3.05, 3.63) is 0 Å². The Morgan fingerprint density at radius 2 is 1.43 bits per heavy atom.